The van der Waals surface area contributed by atoms with Gasteiger partial charge in [-0.15, -0.1) is 0 Å². The number of hydrogen-bond acceptors (Lipinski definition) is 3. The molecule has 21 heavy (non-hydrogen) atoms. The fourth-order valence-corrected chi connectivity index (χ4v) is 2.53. The average Bonchev–Trinajstić information content (AvgIpc) is 2.40. The zero-order chi connectivity index (χ0) is 15.6. The van der Waals surface area contributed by atoms with Gasteiger partial charge in [-0.2, -0.15) is 0 Å². The molecule has 4 nitrogen and oxygen atoms in total. The van der Waals surface area contributed by atoms with E-state index in [-0.39, 0.29) is 0 Å². The van der Waals surface area contributed by atoms with Crippen molar-refractivity contribution in [2.75, 3.05) is 0 Å². The van der Waals surface area contributed by atoms with E-state index in [0.717, 1.165) is 17.0 Å². The smallest absolute Gasteiger partial charge is 0.310 e. The number of aryl methyl sites for hydroxylation is 2. The molecule has 2 rings (SSSR count). The van der Waals surface area contributed by atoms with Crippen molar-refractivity contribution < 1.29 is 9.90 Å². The van der Waals surface area contributed by atoms with Crippen LogP contribution in [0.4, 0.5) is 0 Å². The Balaban J connectivity index is 2.31. The van der Waals surface area contributed by atoms with E-state index in [2.05, 4.69) is 9.97 Å². The van der Waals surface area contributed by atoms with Gasteiger partial charge in [0.25, 0.3) is 0 Å². The summed E-state index contributed by atoms with van der Waals surface area (Å²) in [4.78, 5) is 20.0. The molecular formula is C16H17ClN2O2. The zero-order valence-electron chi connectivity index (χ0n) is 12.2. The van der Waals surface area contributed by atoms with Gasteiger partial charge in [0.15, 0.2) is 0 Å². The highest BCUT2D eigenvalue weighted by atomic mass is 35.5. The number of rotatable bonds is 4. The molecule has 1 N–H and O–H groups in total. The number of carboxylic acids is 1. The van der Waals surface area contributed by atoms with Crippen LogP contribution >= 0.6 is 11.6 Å². The second kappa shape index (κ2) is 6.22. The van der Waals surface area contributed by atoms with Gasteiger partial charge < -0.3 is 5.11 Å². The van der Waals surface area contributed by atoms with Crippen molar-refractivity contribution in [3.8, 4) is 0 Å². The van der Waals surface area contributed by atoms with E-state index in [1.54, 1.807) is 6.92 Å². The summed E-state index contributed by atoms with van der Waals surface area (Å²) in [7, 11) is 0. The van der Waals surface area contributed by atoms with E-state index < -0.39 is 11.9 Å². The van der Waals surface area contributed by atoms with E-state index in [1.165, 1.54) is 0 Å². The Labute approximate surface area is 128 Å². The number of carbonyl (C=O) groups is 1. The lowest BCUT2D eigenvalue weighted by Crippen LogP contribution is -2.14. The molecule has 0 fully saturated rings. The summed E-state index contributed by atoms with van der Waals surface area (Å²) < 4.78 is 0. The molecule has 2 aromatic rings. The molecule has 1 atom stereocenters. The fourth-order valence-electron chi connectivity index (χ4n) is 2.41. The lowest BCUT2D eigenvalue weighted by molar-refractivity contribution is -0.138. The standard InChI is InChI=1S/C16H17ClN2O2/c1-9(16(20)21)15-10(2)18-14(19-11(15)3)8-12-4-6-13(17)7-5-12/h4-7,9H,8H2,1-3H3,(H,20,21). The van der Waals surface area contributed by atoms with Gasteiger partial charge in [-0.05, 0) is 38.5 Å². The lowest BCUT2D eigenvalue weighted by Gasteiger charge is -2.14. The van der Waals surface area contributed by atoms with Crippen molar-refractivity contribution in [3.05, 3.63) is 57.6 Å². The molecule has 5 heteroatoms. The minimum atomic E-state index is -0.866. The summed E-state index contributed by atoms with van der Waals surface area (Å²) in [5.74, 6) is -0.779. The monoisotopic (exact) mass is 304 g/mol. The summed E-state index contributed by atoms with van der Waals surface area (Å²) >= 11 is 5.86. The molecule has 110 valence electrons. The van der Waals surface area contributed by atoms with E-state index in [1.807, 2.05) is 38.1 Å². The van der Waals surface area contributed by atoms with Crippen LogP contribution in [0.3, 0.4) is 0 Å². The highest BCUT2D eigenvalue weighted by Crippen LogP contribution is 2.22. The van der Waals surface area contributed by atoms with Crippen molar-refractivity contribution in [1.82, 2.24) is 9.97 Å². The van der Waals surface area contributed by atoms with Crippen LogP contribution in [0.15, 0.2) is 24.3 Å². The highest BCUT2D eigenvalue weighted by Gasteiger charge is 2.20. The van der Waals surface area contributed by atoms with Crippen LogP contribution in [-0.2, 0) is 11.2 Å². The second-order valence-electron chi connectivity index (χ2n) is 5.09. The van der Waals surface area contributed by atoms with E-state index in [9.17, 15) is 4.79 Å². The molecule has 0 spiro atoms. The molecule has 0 aliphatic rings. The summed E-state index contributed by atoms with van der Waals surface area (Å²) in [6.07, 6.45) is 0.598. The first-order chi connectivity index (χ1) is 9.88. The fraction of sp³-hybridized carbons (Fsp3) is 0.312. The molecule has 0 bridgehead atoms. The van der Waals surface area contributed by atoms with Crippen LogP contribution in [0.1, 0.15) is 41.2 Å². The van der Waals surface area contributed by atoms with Crippen LogP contribution in [0.2, 0.25) is 5.02 Å². The SMILES string of the molecule is Cc1nc(Cc2ccc(Cl)cc2)nc(C)c1C(C)C(=O)O. The number of benzene rings is 1. The van der Waals surface area contributed by atoms with Crippen molar-refractivity contribution >= 4 is 17.6 Å². The maximum Gasteiger partial charge on any atom is 0.310 e. The summed E-state index contributed by atoms with van der Waals surface area (Å²) in [6, 6.07) is 7.53. The largest absolute Gasteiger partial charge is 0.481 e. The van der Waals surface area contributed by atoms with Gasteiger partial charge in [0.05, 0.1) is 5.92 Å². The van der Waals surface area contributed by atoms with E-state index >= 15 is 0 Å². The molecule has 0 radical (unpaired) electrons. The Morgan fingerprint density at radius 1 is 1.19 bits per heavy atom. The van der Waals surface area contributed by atoms with Crippen LogP contribution < -0.4 is 0 Å². The van der Waals surface area contributed by atoms with Crippen molar-refractivity contribution in [2.24, 2.45) is 0 Å². The molecule has 1 heterocycles. The molecular weight excluding hydrogens is 288 g/mol. The second-order valence-corrected chi connectivity index (χ2v) is 5.52. The van der Waals surface area contributed by atoms with E-state index in [0.29, 0.717) is 22.8 Å². The van der Waals surface area contributed by atoms with Crippen LogP contribution in [-0.4, -0.2) is 21.0 Å². The van der Waals surface area contributed by atoms with Gasteiger partial charge in [0.1, 0.15) is 5.82 Å². The third kappa shape index (κ3) is 3.58. The molecule has 1 aromatic heterocycles. The Morgan fingerprint density at radius 2 is 1.71 bits per heavy atom. The maximum absolute atomic E-state index is 11.1. The van der Waals surface area contributed by atoms with Crippen LogP contribution in [0, 0.1) is 13.8 Å². The molecule has 0 saturated heterocycles. The normalized spacial score (nSPS) is 12.2. The maximum atomic E-state index is 11.1. The van der Waals surface area contributed by atoms with Crippen molar-refractivity contribution in [1.29, 1.82) is 0 Å². The number of halogens is 1. The summed E-state index contributed by atoms with van der Waals surface area (Å²) in [5.41, 5.74) is 3.21. The third-order valence-electron chi connectivity index (χ3n) is 3.45. The first-order valence-corrected chi connectivity index (χ1v) is 7.07. The minimum absolute atomic E-state index is 0.598. The van der Waals surface area contributed by atoms with Gasteiger partial charge >= 0.3 is 5.97 Å². The quantitative estimate of drug-likeness (QED) is 0.938. The highest BCUT2D eigenvalue weighted by molar-refractivity contribution is 6.30. The summed E-state index contributed by atoms with van der Waals surface area (Å²) in [6.45, 7) is 5.31. The first kappa shape index (κ1) is 15.4. The number of nitrogens with zero attached hydrogens (tertiary/aromatic N) is 2. The molecule has 0 aliphatic heterocycles. The number of carboxylic acid groups (broad SMARTS) is 1. The average molecular weight is 305 g/mol. The minimum Gasteiger partial charge on any atom is -0.481 e. The topological polar surface area (TPSA) is 63.1 Å². The third-order valence-corrected chi connectivity index (χ3v) is 3.70. The van der Waals surface area contributed by atoms with Crippen molar-refractivity contribution in [3.63, 3.8) is 0 Å². The molecule has 0 amide bonds. The molecule has 1 aromatic carbocycles. The Kier molecular flexibility index (Phi) is 4.58. The van der Waals surface area contributed by atoms with Gasteiger partial charge in [0.2, 0.25) is 0 Å². The molecule has 1 unspecified atom stereocenters. The molecule has 0 saturated carbocycles. The Bertz CT molecular complexity index is 645. The van der Waals surface area contributed by atoms with Crippen LogP contribution in [0.5, 0.6) is 0 Å². The predicted molar refractivity (Wildman–Crippen MR) is 81.8 cm³/mol. The van der Waals surface area contributed by atoms with Gasteiger partial charge in [-0.3, -0.25) is 4.79 Å². The molecule has 0 aliphatic carbocycles. The Morgan fingerprint density at radius 3 is 2.19 bits per heavy atom. The van der Waals surface area contributed by atoms with E-state index in [4.69, 9.17) is 16.7 Å². The van der Waals surface area contributed by atoms with Crippen molar-refractivity contribution in [2.45, 2.75) is 33.1 Å². The van der Waals surface area contributed by atoms with Gasteiger partial charge in [-0.25, -0.2) is 9.97 Å². The van der Waals surface area contributed by atoms with Gasteiger partial charge in [0, 0.05) is 28.4 Å². The predicted octanol–water partition coefficient (Wildman–Crippen LogP) is 3.53. The number of hydrogen-bond donors (Lipinski definition) is 1. The first-order valence-electron chi connectivity index (χ1n) is 6.69. The van der Waals surface area contributed by atoms with Crippen LogP contribution in [0.25, 0.3) is 0 Å². The lowest BCUT2D eigenvalue weighted by atomic mass is 9.98. The number of aromatic nitrogens is 2. The zero-order valence-corrected chi connectivity index (χ0v) is 13.0. The van der Waals surface area contributed by atoms with Gasteiger partial charge in [-0.1, -0.05) is 23.7 Å². The Hall–Kier alpha value is -1.94. The summed E-state index contributed by atoms with van der Waals surface area (Å²) in [5, 5.41) is 9.84. The number of aliphatic carboxylic acids is 1.